The third kappa shape index (κ3) is 2.56. The van der Waals surface area contributed by atoms with Crippen LogP contribution in [0.3, 0.4) is 0 Å². The van der Waals surface area contributed by atoms with Gasteiger partial charge in [0.2, 0.25) is 0 Å². The second kappa shape index (κ2) is 4.87. The molecule has 0 aliphatic heterocycles. The van der Waals surface area contributed by atoms with E-state index in [1.54, 1.807) is 0 Å². The normalized spacial score (nSPS) is 13.3. The fourth-order valence-electron chi connectivity index (χ4n) is 1.81. The van der Waals surface area contributed by atoms with Gasteiger partial charge < -0.3 is 10.7 Å². The van der Waals surface area contributed by atoms with Crippen molar-refractivity contribution in [3.63, 3.8) is 0 Å². The van der Waals surface area contributed by atoms with Crippen molar-refractivity contribution in [2.75, 3.05) is 5.73 Å². The number of nitrogen functional groups attached to an aromatic ring is 1. The first-order valence-electron chi connectivity index (χ1n) is 5.75. The molecule has 0 saturated carbocycles. The summed E-state index contributed by atoms with van der Waals surface area (Å²) in [5.41, 5.74) is 7.65. The molecule has 0 fully saturated rings. The van der Waals surface area contributed by atoms with Crippen LogP contribution in [0.2, 0.25) is 0 Å². The van der Waals surface area contributed by atoms with Gasteiger partial charge in [-0.3, -0.25) is 0 Å². The third-order valence-corrected chi connectivity index (χ3v) is 2.72. The highest BCUT2D eigenvalue weighted by Crippen LogP contribution is 2.07. The van der Waals surface area contributed by atoms with Gasteiger partial charge in [0.15, 0.2) is 0 Å². The largest absolute Gasteiger partial charge is 0.399 e. The Morgan fingerprint density at radius 1 is 1.18 bits per heavy atom. The molecule has 0 aliphatic rings. The summed E-state index contributed by atoms with van der Waals surface area (Å²) >= 11 is 0. The van der Waals surface area contributed by atoms with Crippen molar-refractivity contribution < 1.29 is 0 Å². The molecular weight excluding hydrogens is 210 g/mol. The number of aromatic nitrogens is 2. The van der Waals surface area contributed by atoms with Crippen LogP contribution in [0.25, 0.3) is 12.2 Å². The molecule has 88 valence electrons. The average Bonchev–Trinajstić information content (AvgIpc) is 2.74. The molecule has 3 heteroatoms. The summed E-state index contributed by atoms with van der Waals surface area (Å²) < 4.78 is 0. The van der Waals surface area contributed by atoms with Gasteiger partial charge in [0.05, 0.1) is 10.7 Å². The molecule has 0 unspecified atom stereocenters. The summed E-state index contributed by atoms with van der Waals surface area (Å²) in [7, 11) is 0. The maximum absolute atomic E-state index is 5.66. The van der Waals surface area contributed by atoms with Gasteiger partial charge in [-0.2, -0.15) is 0 Å². The van der Waals surface area contributed by atoms with E-state index in [0.717, 1.165) is 28.6 Å². The SMILES string of the molecule is C/C=c1/nc(Cc2ccc(N)cc2)[nH]/c1=C/C. The van der Waals surface area contributed by atoms with Gasteiger partial charge in [-0.1, -0.05) is 24.3 Å². The summed E-state index contributed by atoms with van der Waals surface area (Å²) in [5, 5.41) is 2.09. The number of H-pyrrole nitrogens is 1. The fraction of sp³-hybridized carbons (Fsp3) is 0.214. The molecule has 3 nitrogen and oxygen atoms in total. The first-order valence-corrected chi connectivity index (χ1v) is 5.75. The molecule has 2 aromatic rings. The van der Waals surface area contributed by atoms with Crippen molar-refractivity contribution in [2.24, 2.45) is 0 Å². The molecule has 0 aliphatic carbocycles. The summed E-state index contributed by atoms with van der Waals surface area (Å²) in [6, 6.07) is 7.89. The maximum atomic E-state index is 5.66. The standard InChI is InChI=1S/C14H17N3/c1-3-12-13(4-2)17-14(16-12)9-10-5-7-11(15)8-6-10/h3-8H,9,15H2,1-2H3,(H,16,17)/b12-3+,13-4+. The Balaban J connectivity index is 2.31. The van der Waals surface area contributed by atoms with Crippen LogP contribution in [0.5, 0.6) is 0 Å². The molecule has 0 amide bonds. The topological polar surface area (TPSA) is 54.7 Å². The first-order chi connectivity index (χ1) is 8.22. The van der Waals surface area contributed by atoms with Crippen LogP contribution in [-0.4, -0.2) is 9.97 Å². The summed E-state index contributed by atoms with van der Waals surface area (Å²) in [5.74, 6) is 0.982. The number of anilines is 1. The Morgan fingerprint density at radius 3 is 2.41 bits per heavy atom. The fourth-order valence-corrected chi connectivity index (χ4v) is 1.81. The molecule has 17 heavy (non-hydrogen) atoms. The van der Waals surface area contributed by atoms with Gasteiger partial charge in [-0.05, 0) is 31.5 Å². The predicted octanol–water partition coefficient (Wildman–Crippen LogP) is 1.18. The van der Waals surface area contributed by atoms with E-state index in [2.05, 4.69) is 9.97 Å². The van der Waals surface area contributed by atoms with Crippen molar-refractivity contribution in [3.05, 3.63) is 46.4 Å². The van der Waals surface area contributed by atoms with E-state index in [0.29, 0.717) is 0 Å². The molecule has 3 N–H and O–H groups in total. The van der Waals surface area contributed by atoms with E-state index in [-0.39, 0.29) is 0 Å². The van der Waals surface area contributed by atoms with Crippen LogP contribution in [0.15, 0.2) is 24.3 Å². The molecule has 1 aromatic heterocycles. The van der Waals surface area contributed by atoms with Crippen LogP contribution in [0.1, 0.15) is 25.2 Å². The van der Waals surface area contributed by atoms with E-state index >= 15 is 0 Å². The predicted molar refractivity (Wildman–Crippen MR) is 71.8 cm³/mol. The molecule has 0 bridgehead atoms. The van der Waals surface area contributed by atoms with Gasteiger partial charge >= 0.3 is 0 Å². The Labute approximate surface area is 101 Å². The lowest BCUT2D eigenvalue weighted by atomic mass is 10.1. The van der Waals surface area contributed by atoms with Gasteiger partial charge in [0.25, 0.3) is 0 Å². The number of hydrogen-bond acceptors (Lipinski definition) is 2. The van der Waals surface area contributed by atoms with Gasteiger partial charge in [0.1, 0.15) is 5.82 Å². The number of nitrogens with zero attached hydrogens (tertiary/aromatic N) is 1. The lowest BCUT2D eigenvalue weighted by Gasteiger charge is -1.98. The molecule has 1 aromatic carbocycles. The Hall–Kier alpha value is -2.03. The number of rotatable bonds is 2. The van der Waals surface area contributed by atoms with Crippen LogP contribution in [-0.2, 0) is 6.42 Å². The minimum Gasteiger partial charge on any atom is -0.399 e. The highest BCUT2D eigenvalue weighted by Gasteiger charge is 2.00. The monoisotopic (exact) mass is 227 g/mol. The minimum absolute atomic E-state index is 0.790. The second-order valence-corrected chi connectivity index (χ2v) is 3.98. The van der Waals surface area contributed by atoms with Gasteiger partial charge in [-0.15, -0.1) is 0 Å². The molecule has 0 saturated heterocycles. The lowest BCUT2D eigenvalue weighted by Crippen LogP contribution is -2.23. The average molecular weight is 227 g/mol. The summed E-state index contributed by atoms with van der Waals surface area (Å²) in [4.78, 5) is 7.86. The van der Waals surface area contributed by atoms with Crippen molar-refractivity contribution in [1.82, 2.24) is 9.97 Å². The molecular formula is C14H17N3. The Morgan fingerprint density at radius 2 is 1.88 bits per heavy atom. The molecule has 0 radical (unpaired) electrons. The zero-order valence-electron chi connectivity index (χ0n) is 10.2. The smallest absolute Gasteiger partial charge is 0.111 e. The van der Waals surface area contributed by atoms with E-state index in [1.165, 1.54) is 5.56 Å². The van der Waals surface area contributed by atoms with E-state index < -0.39 is 0 Å². The van der Waals surface area contributed by atoms with Crippen molar-refractivity contribution in [2.45, 2.75) is 20.3 Å². The Kier molecular flexibility index (Phi) is 3.28. The lowest BCUT2D eigenvalue weighted by molar-refractivity contribution is 1.02. The van der Waals surface area contributed by atoms with Crippen LogP contribution >= 0.6 is 0 Å². The Bertz CT molecular complexity index is 574. The van der Waals surface area contributed by atoms with Crippen molar-refractivity contribution in [3.8, 4) is 0 Å². The van der Waals surface area contributed by atoms with E-state index in [4.69, 9.17) is 5.73 Å². The summed E-state index contributed by atoms with van der Waals surface area (Å²) in [6.45, 7) is 4.00. The maximum Gasteiger partial charge on any atom is 0.111 e. The van der Waals surface area contributed by atoms with Crippen molar-refractivity contribution >= 4 is 17.8 Å². The second-order valence-electron chi connectivity index (χ2n) is 3.98. The molecule has 2 rings (SSSR count). The number of hydrogen-bond donors (Lipinski definition) is 2. The van der Waals surface area contributed by atoms with E-state index in [9.17, 15) is 0 Å². The third-order valence-electron chi connectivity index (χ3n) is 2.72. The van der Waals surface area contributed by atoms with Gasteiger partial charge in [0, 0.05) is 12.1 Å². The number of nitrogens with two attached hydrogens (primary N) is 1. The summed E-state index contributed by atoms with van der Waals surface area (Å²) in [6.07, 6.45) is 4.85. The zero-order valence-corrected chi connectivity index (χ0v) is 10.2. The van der Waals surface area contributed by atoms with Crippen LogP contribution < -0.4 is 16.4 Å². The van der Waals surface area contributed by atoms with Gasteiger partial charge in [-0.25, -0.2) is 4.98 Å². The zero-order chi connectivity index (χ0) is 12.3. The number of benzene rings is 1. The van der Waals surface area contributed by atoms with Crippen LogP contribution in [0, 0.1) is 0 Å². The molecule has 0 spiro atoms. The number of nitrogens with one attached hydrogen (secondary N) is 1. The van der Waals surface area contributed by atoms with Crippen LogP contribution in [0.4, 0.5) is 5.69 Å². The number of imidazole rings is 1. The van der Waals surface area contributed by atoms with E-state index in [1.807, 2.05) is 50.3 Å². The minimum atomic E-state index is 0.790. The first kappa shape index (κ1) is 11.5. The molecule has 1 heterocycles. The highest BCUT2D eigenvalue weighted by molar-refractivity contribution is 5.40. The quantitative estimate of drug-likeness (QED) is 0.757. The highest BCUT2D eigenvalue weighted by atomic mass is 14.9. The van der Waals surface area contributed by atoms with Crippen molar-refractivity contribution in [1.29, 1.82) is 0 Å². The molecule has 0 atom stereocenters. The number of aromatic amines is 1.